The third kappa shape index (κ3) is 4.43. The van der Waals surface area contributed by atoms with Gasteiger partial charge in [-0.05, 0) is 50.6 Å². The number of carbonyl (C=O) groups excluding carboxylic acids is 3. The summed E-state index contributed by atoms with van der Waals surface area (Å²) in [6.45, 7) is 4.42. The number of carbonyl (C=O) groups is 3. The molecule has 0 saturated heterocycles. The predicted molar refractivity (Wildman–Crippen MR) is 108 cm³/mol. The Morgan fingerprint density at radius 1 is 0.931 bits per heavy atom. The summed E-state index contributed by atoms with van der Waals surface area (Å²) in [5.41, 5.74) is 2.15. The number of aromatic amines is 1. The van der Waals surface area contributed by atoms with E-state index in [2.05, 4.69) is 4.98 Å². The molecule has 0 amide bonds. The lowest BCUT2D eigenvalue weighted by Crippen LogP contribution is -2.16. The molecule has 2 aromatic carbocycles. The standard InChI is InChI=1S/C23H21NO5/c1-14-21(16(3)25)15(2)24-22(14)19(26)13-28-23(27)18-11-7-8-12-20(18)29-17-9-5-4-6-10-17/h4-12,24H,13H2,1-3H3. The minimum absolute atomic E-state index is 0.126. The molecule has 0 unspecified atom stereocenters. The van der Waals surface area contributed by atoms with Crippen molar-refractivity contribution in [2.75, 3.05) is 6.61 Å². The average molecular weight is 391 g/mol. The van der Waals surface area contributed by atoms with Crippen LogP contribution in [0.2, 0.25) is 0 Å². The molecule has 3 aromatic rings. The second kappa shape index (κ2) is 8.56. The number of para-hydroxylation sites is 2. The van der Waals surface area contributed by atoms with E-state index in [0.717, 1.165) is 0 Å². The molecule has 3 rings (SSSR count). The third-order valence-corrected chi connectivity index (χ3v) is 4.48. The summed E-state index contributed by atoms with van der Waals surface area (Å²) in [5.74, 6) is -0.287. The van der Waals surface area contributed by atoms with Crippen molar-refractivity contribution in [1.29, 1.82) is 0 Å². The van der Waals surface area contributed by atoms with Gasteiger partial charge in [0.05, 0.1) is 5.69 Å². The zero-order chi connectivity index (χ0) is 21.0. The van der Waals surface area contributed by atoms with Gasteiger partial charge < -0.3 is 14.5 Å². The Balaban J connectivity index is 1.73. The fourth-order valence-corrected chi connectivity index (χ4v) is 3.18. The van der Waals surface area contributed by atoms with Crippen LogP contribution in [0.5, 0.6) is 11.5 Å². The number of ether oxygens (including phenoxy) is 2. The Bertz CT molecular complexity index is 1070. The molecule has 0 aliphatic rings. The lowest BCUT2D eigenvalue weighted by molar-refractivity contribution is 0.0471. The topological polar surface area (TPSA) is 85.5 Å². The van der Waals surface area contributed by atoms with Crippen molar-refractivity contribution in [3.8, 4) is 11.5 Å². The van der Waals surface area contributed by atoms with E-state index < -0.39 is 18.4 Å². The summed E-state index contributed by atoms with van der Waals surface area (Å²) in [7, 11) is 0. The SMILES string of the molecule is CC(=O)c1c(C)[nH]c(C(=O)COC(=O)c2ccccc2Oc2ccccc2)c1C. The molecular formula is C23H21NO5. The molecule has 0 fully saturated rings. The van der Waals surface area contributed by atoms with E-state index in [1.54, 1.807) is 50.2 Å². The van der Waals surface area contributed by atoms with Gasteiger partial charge in [-0.3, -0.25) is 9.59 Å². The molecule has 0 spiro atoms. The second-order valence-corrected chi connectivity index (χ2v) is 6.59. The zero-order valence-electron chi connectivity index (χ0n) is 16.4. The number of esters is 1. The van der Waals surface area contributed by atoms with Gasteiger partial charge in [-0.25, -0.2) is 4.79 Å². The maximum Gasteiger partial charge on any atom is 0.342 e. The maximum atomic E-state index is 12.5. The van der Waals surface area contributed by atoms with Gasteiger partial charge in [-0.15, -0.1) is 0 Å². The first-order valence-corrected chi connectivity index (χ1v) is 9.11. The van der Waals surface area contributed by atoms with E-state index in [9.17, 15) is 14.4 Å². The molecule has 29 heavy (non-hydrogen) atoms. The minimum atomic E-state index is -0.669. The van der Waals surface area contributed by atoms with Crippen LogP contribution in [0, 0.1) is 13.8 Å². The number of ketones is 2. The van der Waals surface area contributed by atoms with Gasteiger partial charge in [0, 0.05) is 11.3 Å². The molecular weight excluding hydrogens is 370 g/mol. The van der Waals surface area contributed by atoms with Crippen molar-refractivity contribution in [2.24, 2.45) is 0 Å². The van der Waals surface area contributed by atoms with Crippen molar-refractivity contribution in [3.63, 3.8) is 0 Å². The van der Waals surface area contributed by atoms with E-state index in [1.807, 2.05) is 18.2 Å². The van der Waals surface area contributed by atoms with Gasteiger partial charge in [-0.1, -0.05) is 30.3 Å². The highest BCUT2D eigenvalue weighted by atomic mass is 16.5. The summed E-state index contributed by atoms with van der Waals surface area (Å²) in [6.07, 6.45) is 0. The van der Waals surface area contributed by atoms with Gasteiger partial charge >= 0.3 is 5.97 Å². The van der Waals surface area contributed by atoms with Crippen molar-refractivity contribution in [2.45, 2.75) is 20.8 Å². The molecule has 0 aliphatic heterocycles. The molecule has 6 heteroatoms. The fraction of sp³-hybridized carbons (Fsp3) is 0.174. The lowest BCUT2D eigenvalue weighted by atomic mass is 10.1. The molecule has 0 atom stereocenters. The summed E-state index contributed by atoms with van der Waals surface area (Å²) in [5, 5.41) is 0. The normalized spacial score (nSPS) is 10.4. The molecule has 0 aliphatic carbocycles. The number of benzene rings is 2. The van der Waals surface area contributed by atoms with Crippen LogP contribution in [0.4, 0.5) is 0 Å². The number of Topliss-reactive ketones (excluding diaryl/α,β-unsaturated/α-hetero) is 2. The van der Waals surface area contributed by atoms with Crippen LogP contribution in [-0.4, -0.2) is 29.1 Å². The zero-order valence-corrected chi connectivity index (χ0v) is 16.4. The highest BCUT2D eigenvalue weighted by Gasteiger charge is 2.22. The van der Waals surface area contributed by atoms with Crippen LogP contribution < -0.4 is 4.74 Å². The summed E-state index contributed by atoms with van der Waals surface area (Å²) in [6, 6.07) is 15.7. The third-order valence-electron chi connectivity index (χ3n) is 4.48. The average Bonchev–Trinajstić information content (AvgIpc) is 3.01. The van der Waals surface area contributed by atoms with Crippen molar-refractivity contribution >= 4 is 17.5 Å². The molecule has 1 N–H and O–H groups in total. The van der Waals surface area contributed by atoms with Gasteiger partial charge in [0.15, 0.2) is 12.4 Å². The number of hydrogen-bond donors (Lipinski definition) is 1. The molecule has 0 bridgehead atoms. The number of aryl methyl sites for hydroxylation is 1. The quantitative estimate of drug-likeness (QED) is 0.467. The summed E-state index contributed by atoms with van der Waals surface area (Å²) < 4.78 is 11.0. The van der Waals surface area contributed by atoms with Gasteiger partial charge in [0.25, 0.3) is 0 Å². The van der Waals surface area contributed by atoms with Gasteiger partial charge in [-0.2, -0.15) is 0 Å². The van der Waals surface area contributed by atoms with E-state index in [-0.39, 0.29) is 17.0 Å². The van der Waals surface area contributed by atoms with Crippen molar-refractivity contribution in [1.82, 2.24) is 4.98 Å². The van der Waals surface area contributed by atoms with Crippen molar-refractivity contribution in [3.05, 3.63) is 82.7 Å². The van der Waals surface area contributed by atoms with Crippen LogP contribution in [-0.2, 0) is 4.74 Å². The van der Waals surface area contributed by atoms with Gasteiger partial charge in [0.2, 0.25) is 5.78 Å². The molecule has 0 saturated carbocycles. The monoisotopic (exact) mass is 391 g/mol. The largest absolute Gasteiger partial charge is 0.456 e. The highest BCUT2D eigenvalue weighted by Crippen LogP contribution is 2.26. The smallest absolute Gasteiger partial charge is 0.342 e. The molecule has 1 heterocycles. The Hall–Kier alpha value is -3.67. The number of H-pyrrole nitrogens is 1. The predicted octanol–water partition coefficient (Wildman–Crippen LogP) is 4.67. The number of nitrogens with one attached hydrogen (secondary N) is 1. The van der Waals surface area contributed by atoms with Crippen LogP contribution in [0.3, 0.4) is 0 Å². The number of hydrogen-bond acceptors (Lipinski definition) is 5. The van der Waals surface area contributed by atoms with E-state index in [4.69, 9.17) is 9.47 Å². The number of aromatic nitrogens is 1. The first kappa shape index (κ1) is 20.1. The van der Waals surface area contributed by atoms with E-state index in [1.165, 1.54) is 6.92 Å². The highest BCUT2D eigenvalue weighted by molar-refractivity contribution is 6.04. The van der Waals surface area contributed by atoms with Crippen LogP contribution >= 0.6 is 0 Å². The summed E-state index contributed by atoms with van der Waals surface area (Å²) in [4.78, 5) is 39.7. The molecule has 1 aromatic heterocycles. The lowest BCUT2D eigenvalue weighted by Gasteiger charge is -2.10. The van der Waals surface area contributed by atoms with Crippen molar-refractivity contribution < 1.29 is 23.9 Å². The summed E-state index contributed by atoms with van der Waals surface area (Å²) >= 11 is 0. The maximum absolute atomic E-state index is 12.5. The van der Waals surface area contributed by atoms with E-state index in [0.29, 0.717) is 28.3 Å². The molecule has 6 nitrogen and oxygen atoms in total. The fourth-order valence-electron chi connectivity index (χ4n) is 3.18. The second-order valence-electron chi connectivity index (χ2n) is 6.59. The molecule has 0 radical (unpaired) electrons. The van der Waals surface area contributed by atoms with Crippen LogP contribution in [0.25, 0.3) is 0 Å². The Morgan fingerprint density at radius 2 is 1.59 bits per heavy atom. The van der Waals surface area contributed by atoms with Gasteiger partial charge in [0.1, 0.15) is 17.1 Å². The number of rotatable bonds is 7. The minimum Gasteiger partial charge on any atom is -0.456 e. The first-order valence-electron chi connectivity index (χ1n) is 9.11. The van der Waals surface area contributed by atoms with Crippen LogP contribution in [0.1, 0.15) is 49.4 Å². The molecule has 148 valence electrons. The first-order chi connectivity index (χ1) is 13.9. The van der Waals surface area contributed by atoms with Crippen LogP contribution in [0.15, 0.2) is 54.6 Å². The van der Waals surface area contributed by atoms with E-state index >= 15 is 0 Å². The Kier molecular flexibility index (Phi) is 5.93. The Morgan fingerprint density at radius 3 is 2.24 bits per heavy atom. The Labute approximate surface area is 168 Å².